The van der Waals surface area contributed by atoms with Crippen molar-refractivity contribution in [1.29, 1.82) is 0 Å². The molecule has 6 rings (SSSR count). The van der Waals surface area contributed by atoms with Crippen LogP contribution in [-0.2, 0) is 21.7 Å². The van der Waals surface area contributed by atoms with Crippen LogP contribution in [0.4, 0.5) is 8.78 Å². The molecule has 1 aliphatic heterocycles. The molecule has 3 aromatic carbocycles. The summed E-state index contributed by atoms with van der Waals surface area (Å²) in [6.45, 7) is 1.78. The fourth-order valence-electron chi connectivity index (χ4n) is 4.93. The van der Waals surface area contributed by atoms with Crippen molar-refractivity contribution in [2.75, 3.05) is 0 Å². The molecule has 5 aromatic rings. The lowest BCUT2D eigenvalue weighted by atomic mass is 9.95. The molecule has 9 nitrogen and oxygen atoms in total. The van der Waals surface area contributed by atoms with Gasteiger partial charge in [0.25, 0.3) is 5.56 Å². The van der Waals surface area contributed by atoms with E-state index >= 15 is 0 Å². The van der Waals surface area contributed by atoms with E-state index in [-0.39, 0.29) is 17.9 Å². The Morgan fingerprint density at radius 3 is 2.56 bits per heavy atom. The second-order valence-electron chi connectivity index (χ2n) is 10.1. The molecule has 208 valence electrons. The van der Waals surface area contributed by atoms with Crippen LogP contribution in [0.25, 0.3) is 27.7 Å². The largest absolute Gasteiger partial charge is 0.481 e. The predicted molar refractivity (Wildman–Crippen MR) is 146 cm³/mol. The van der Waals surface area contributed by atoms with Crippen molar-refractivity contribution in [3.8, 4) is 5.69 Å². The van der Waals surface area contributed by atoms with Crippen LogP contribution in [0.2, 0.25) is 0 Å². The molecule has 0 saturated heterocycles. The Balaban J connectivity index is 1.34. The fourth-order valence-corrected chi connectivity index (χ4v) is 4.93. The molecule has 0 saturated carbocycles. The first kappa shape index (κ1) is 26.3. The Kier molecular flexibility index (Phi) is 6.56. The molecule has 0 unspecified atom stereocenters. The van der Waals surface area contributed by atoms with Crippen LogP contribution in [0.1, 0.15) is 49.9 Å². The topological polar surface area (TPSA) is 120 Å². The molecule has 0 amide bonds. The minimum atomic E-state index is -1.02. The van der Waals surface area contributed by atoms with E-state index in [4.69, 9.17) is 19.3 Å². The van der Waals surface area contributed by atoms with Crippen molar-refractivity contribution in [2.45, 2.75) is 44.6 Å². The molecule has 3 heterocycles. The highest BCUT2D eigenvalue weighted by Crippen LogP contribution is 2.37. The highest BCUT2D eigenvalue weighted by Gasteiger charge is 2.41. The molecule has 1 N–H and O–H groups in total. The number of carbonyl (C=O) groups is 1. The van der Waals surface area contributed by atoms with E-state index in [1.165, 1.54) is 47.0 Å². The van der Waals surface area contributed by atoms with Gasteiger partial charge in [-0.25, -0.2) is 18.7 Å². The number of hydrogen-bond acceptors (Lipinski definition) is 7. The number of unbranched alkanes of at least 4 members (excludes halogenated alkanes) is 1. The quantitative estimate of drug-likeness (QED) is 0.245. The maximum Gasteiger partial charge on any atom is 0.303 e. The maximum atomic E-state index is 13.6. The number of halogens is 2. The van der Waals surface area contributed by atoms with Gasteiger partial charge in [-0.1, -0.05) is 11.2 Å². The van der Waals surface area contributed by atoms with Gasteiger partial charge >= 0.3 is 5.97 Å². The summed E-state index contributed by atoms with van der Waals surface area (Å²) in [5.74, 6) is -1.06. The number of rotatable bonds is 8. The van der Waals surface area contributed by atoms with Gasteiger partial charge in [-0.05, 0) is 68.3 Å². The summed E-state index contributed by atoms with van der Waals surface area (Å²) in [6.07, 6.45) is 1.58. The summed E-state index contributed by atoms with van der Waals surface area (Å²) >= 11 is 0. The number of aromatic nitrogens is 3. The number of oxime groups is 1. The summed E-state index contributed by atoms with van der Waals surface area (Å²) < 4.78 is 34.4. The van der Waals surface area contributed by atoms with Crippen molar-refractivity contribution in [3.05, 3.63) is 99.9 Å². The minimum absolute atomic E-state index is 0.00608. The summed E-state index contributed by atoms with van der Waals surface area (Å²) in [6, 6.07) is 14.8. The third kappa shape index (κ3) is 5.06. The molecule has 0 spiro atoms. The molecule has 1 atom stereocenters. The first-order valence-electron chi connectivity index (χ1n) is 13.1. The van der Waals surface area contributed by atoms with Gasteiger partial charge in [0.05, 0.1) is 22.3 Å². The van der Waals surface area contributed by atoms with E-state index in [2.05, 4.69) is 10.1 Å². The molecule has 11 heteroatoms. The molecular weight excluding hydrogens is 534 g/mol. The SMILES string of the molecule is C[C@@]1(c2nc3ccc(F)cc3o2)CC(c2ccc3c(=O)n(-c4ccc(F)cc4)c(CCCCC(=O)O)nc3c2)=NO1. The van der Waals surface area contributed by atoms with Crippen LogP contribution in [0.15, 0.2) is 75.0 Å². The van der Waals surface area contributed by atoms with Crippen LogP contribution in [0.5, 0.6) is 0 Å². The van der Waals surface area contributed by atoms with Crippen LogP contribution < -0.4 is 5.56 Å². The summed E-state index contributed by atoms with van der Waals surface area (Å²) in [5.41, 5.74) is 1.65. The third-order valence-electron chi connectivity index (χ3n) is 7.06. The number of benzene rings is 3. The number of carboxylic acid groups (broad SMARTS) is 1. The Labute approximate surface area is 231 Å². The lowest BCUT2D eigenvalue weighted by Crippen LogP contribution is -2.24. The predicted octanol–water partition coefficient (Wildman–Crippen LogP) is 5.64. The average molecular weight is 559 g/mol. The Morgan fingerprint density at radius 2 is 1.78 bits per heavy atom. The first-order chi connectivity index (χ1) is 19.7. The van der Waals surface area contributed by atoms with Crippen LogP contribution in [0, 0.1) is 11.6 Å². The zero-order chi connectivity index (χ0) is 28.7. The van der Waals surface area contributed by atoms with Gasteiger partial charge in [-0.3, -0.25) is 14.2 Å². The third-order valence-corrected chi connectivity index (χ3v) is 7.06. The second-order valence-corrected chi connectivity index (χ2v) is 10.1. The van der Waals surface area contributed by atoms with Gasteiger partial charge < -0.3 is 14.4 Å². The Morgan fingerprint density at radius 1 is 1.00 bits per heavy atom. The van der Waals surface area contributed by atoms with Crippen LogP contribution in [-0.4, -0.2) is 31.3 Å². The molecule has 0 bridgehead atoms. The average Bonchev–Trinajstić information content (AvgIpc) is 3.56. The fraction of sp³-hybridized carbons (Fsp3) is 0.233. The lowest BCUT2D eigenvalue weighted by Gasteiger charge is -2.16. The van der Waals surface area contributed by atoms with Gasteiger partial charge in [-0.2, -0.15) is 0 Å². The number of carboxylic acids is 1. The lowest BCUT2D eigenvalue weighted by molar-refractivity contribution is -0.137. The van der Waals surface area contributed by atoms with Crippen molar-refractivity contribution >= 4 is 33.7 Å². The van der Waals surface area contributed by atoms with Crippen molar-refractivity contribution in [1.82, 2.24) is 14.5 Å². The molecule has 0 fully saturated rings. The highest BCUT2D eigenvalue weighted by molar-refractivity contribution is 6.03. The molecule has 0 aliphatic carbocycles. The number of aryl methyl sites for hydroxylation is 1. The Bertz CT molecular complexity index is 1900. The smallest absolute Gasteiger partial charge is 0.303 e. The number of fused-ring (bicyclic) bond motifs is 2. The van der Waals surface area contributed by atoms with Crippen LogP contribution in [0.3, 0.4) is 0 Å². The van der Waals surface area contributed by atoms with Crippen molar-refractivity contribution < 1.29 is 27.9 Å². The molecule has 41 heavy (non-hydrogen) atoms. The first-order valence-corrected chi connectivity index (χ1v) is 13.1. The van der Waals surface area contributed by atoms with E-state index in [1.807, 2.05) is 0 Å². The number of nitrogens with zero attached hydrogens (tertiary/aromatic N) is 4. The zero-order valence-electron chi connectivity index (χ0n) is 21.9. The Hall–Kier alpha value is -4.93. The second kappa shape index (κ2) is 10.2. The summed E-state index contributed by atoms with van der Waals surface area (Å²) in [7, 11) is 0. The number of oxazole rings is 1. The zero-order valence-corrected chi connectivity index (χ0v) is 21.9. The molecule has 2 aromatic heterocycles. The van der Waals surface area contributed by atoms with E-state index in [9.17, 15) is 18.4 Å². The highest BCUT2D eigenvalue weighted by atomic mass is 19.1. The van der Waals surface area contributed by atoms with Gasteiger partial charge in [0.15, 0.2) is 5.58 Å². The van der Waals surface area contributed by atoms with Gasteiger partial charge in [0.1, 0.15) is 23.0 Å². The standard InChI is InChI=1S/C30H24F2N4O5/c1-30(29-34-22-13-9-19(32)15-25(22)40-29)16-24(35-41-30)17-6-12-21-23(14-17)33-26(4-2-3-5-27(37)38)36(28(21)39)20-10-7-18(31)8-11-20/h6-15H,2-5,16H2,1H3,(H,37,38)/t30-/m0/s1. The van der Waals surface area contributed by atoms with Crippen molar-refractivity contribution in [3.63, 3.8) is 0 Å². The van der Waals surface area contributed by atoms with E-state index in [0.29, 0.717) is 70.5 Å². The van der Waals surface area contributed by atoms with E-state index in [1.54, 1.807) is 25.1 Å². The number of aliphatic carboxylic acids is 1. The van der Waals surface area contributed by atoms with Crippen LogP contribution >= 0.6 is 0 Å². The van der Waals surface area contributed by atoms with E-state index < -0.39 is 23.2 Å². The van der Waals surface area contributed by atoms with Crippen molar-refractivity contribution in [2.24, 2.45) is 5.16 Å². The minimum Gasteiger partial charge on any atom is -0.481 e. The van der Waals surface area contributed by atoms with Gasteiger partial charge in [0, 0.05) is 30.9 Å². The van der Waals surface area contributed by atoms with Gasteiger partial charge in [-0.15, -0.1) is 0 Å². The van der Waals surface area contributed by atoms with Gasteiger partial charge in [0.2, 0.25) is 11.5 Å². The molecular formula is C30H24F2N4O5. The monoisotopic (exact) mass is 558 g/mol. The molecule has 0 radical (unpaired) electrons. The summed E-state index contributed by atoms with van der Waals surface area (Å²) in [4.78, 5) is 39.6. The van der Waals surface area contributed by atoms with E-state index in [0.717, 1.165) is 0 Å². The molecule has 1 aliphatic rings. The number of hydrogen-bond donors (Lipinski definition) is 1. The normalized spacial score (nSPS) is 16.7. The maximum absolute atomic E-state index is 13.6. The summed E-state index contributed by atoms with van der Waals surface area (Å²) in [5, 5.41) is 13.6.